The molecule has 3 fully saturated rings. The van der Waals surface area contributed by atoms with Crippen molar-refractivity contribution >= 4 is 30.3 Å². The number of carbonyl (C=O) groups excluding carboxylic acids is 3. The number of nitrogens with zero attached hydrogens (tertiary/aromatic N) is 2. The van der Waals surface area contributed by atoms with Crippen molar-refractivity contribution in [2.75, 3.05) is 19.6 Å². The summed E-state index contributed by atoms with van der Waals surface area (Å²) in [7, 11) is 0. The number of hydrogen-bond donors (Lipinski definition) is 2. The first kappa shape index (κ1) is 19.0. The number of carbonyl (C=O) groups is 3. The topological polar surface area (TPSA) is 95.7 Å². The molecule has 3 aliphatic rings. The van der Waals surface area contributed by atoms with E-state index in [4.69, 9.17) is 5.73 Å². The van der Waals surface area contributed by atoms with Gasteiger partial charge < -0.3 is 16.0 Å². The fraction of sp³-hybridized carbons (Fsp3) is 0.812. The second kappa shape index (κ2) is 6.88. The molecule has 0 aromatic rings. The third-order valence-corrected chi connectivity index (χ3v) is 5.54. The lowest BCUT2D eigenvalue weighted by Crippen LogP contribution is -2.50. The minimum atomic E-state index is -0.826. The van der Waals surface area contributed by atoms with Crippen molar-refractivity contribution in [1.82, 2.24) is 15.1 Å². The zero-order valence-corrected chi connectivity index (χ0v) is 15.1. The van der Waals surface area contributed by atoms with Crippen LogP contribution in [0.2, 0.25) is 0 Å². The second-order valence-electron chi connectivity index (χ2n) is 7.40. The molecule has 3 unspecified atom stereocenters. The molecule has 3 atom stereocenters. The highest BCUT2D eigenvalue weighted by molar-refractivity contribution is 6.09. The Morgan fingerprint density at radius 1 is 1.38 bits per heavy atom. The van der Waals surface area contributed by atoms with E-state index in [1.54, 1.807) is 11.8 Å². The van der Waals surface area contributed by atoms with Crippen molar-refractivity contribution in [3.8, 4) is 0 Å². The highest BCUT2D eigenvalue weighted by Crippen LogP contribution is 2.42. The molecule has 7 nitrogen and oxygen atoms in total. The molecule has 3 N–H and O–H groups in total. The summed E-state index contributed by atoms with van der Waals surface area (Å²) in [6, 6.07) is -0.404. The molecule has 136 valence electrons. The van der Waals surface area contributed by atoms with Crippen molar-refractivity contribution in [2.24, 2.45) is 17.6 Å². The zero-order valence-electron chi connectivity index (χ0n) is 14.3. The summed E-state index contributed by atoms with van der Waals surface area (Å²) in [6.45, 7) is 4.84. The normalized spacial score (nSPS) is 31.5. The SMILES string of the molecule is CC(N)C1CCCN(C(=O)CN2C(=O)NC(C)(C3CC3)C2=O)C1.Cl. The maximum Gasteiger partial charge on any atom is 0.325 e. The van der Waals surface area contributed by atoms with Crippen LogP contribution >= 0.6 is 12.4 Å². The average Bonchev–Trinajstić information content (AvgIpc) is 3.33. The van der Waals surface area contributed by atoms with E-state index < -0.39 is 11.6 Å². The van der Waals surface area contributed by atoms with Gasteiger partial charge in [0, 0.05) is 19.1 Å². The Labute approximate surface area is 148 Å². The predicted octanol–water partition coefficient (Wildman–Crippen LogP) is 0.715. The Balaban J connectivity index is 0.00000208. The minimum absolute atomic E-state index is 0. The smallest absolute Gasteiger partial charge is 0.325 e. The van der Waals surface area contributed by atoms with Gasteiger partial charge in [-0.1, -0.05) is 0 Å². The largest absolute Gasteiger partial charge is 0.341 e. The van der Waals surface area contributed by atoms with E-state index in [-0.39, 0.29) is 48.6 Å². The van der Waals surface area contributed by atoms with Crippen molar-refractivity contribution in [3.05, 3.63) is 0 Å². The first-order chi connectivity index (χ1) is 10.8. The molecule has 2 aliphatic heterocycles. The molecular weight excluding hydrogens is 332 g/mol. The third-order valence-electron chi connectivity index (χ3n) is 5.54. The number of nitrogens with one attached hydrogen (secondary N) is 1. The molecule has 24 heavy (non-hydrogen) atoms. The monoisotopic (exact) mass is 358 g/mol. The number of halogens is 1. The fourth-order valence-electron chi connectivity index (χ4n) is 3.70. The lowest BCUT2D eigenvalue weighted by Gasteiger charge is -2.35. The molecule has 4 amide bonds. The molecule has 1 aliphatic carbocycles. The number of imide groups is 1. The summed E-state index contributed by atoms with van der Waals surface area (Å²) in [5.74, 6) is 0.0574. The Morgan fingerprint density at radius 2 is 2.04 bits per heavy atom. The molecule has 1 saturated carbocycles. The molecule has 0 aromatic heterocycles. The number of rotatable bonds is 4. The number of amides is 4. The molecule has 2 heterocycles. The van der Waals surface area contributed by atoms with Crippen LogP contribution in [0.1, 0.15) is 39.5 Å². The first-order valence-corrected chi connectivity index (χ1v) is 8.50. The number of nitrogens with two attached hydrogens (primary N) is 1. The molecule has 0 aromatic carbocycles. The average molecular weight is 359 g/mol. The fourth-order valence-corrected chi connectivity index (χ4v) is 3.70. The second-order valence-corrected chi connectivity index (χ2v) is 7.40. The molecule has 2 saturated heterocycles. The molecule has 8 heteroatoms. The molecule has 3 rings (SSSR count). The number of likely N-dealkylation sites (tertiary alicyclic amines) is 1. The quantitative estimate of drug-likeness (QED) is 0.723. The first-order valence-electron chi connectivity index (χ1n) is 8.50. The number of hydrogen-bond acceptors (Lipinski definition) is 4. The van der Waals surface area contributed by atoms with Crippen LogP contribution in [0.4, 0.5) is 4.79 Å². The molecule has 0 spiro atoms. The van der Waals surface area contributed by atoms with Crippen LogP contribution in [0, 0.1) is 11.8 Å². The van der Waals surface area contributed by atoms with Gasteiger partial charge in [0.15, 0.2) is 0 Å². The van der Waals surface area contributed by atoms with Gasteiger partial charge in [-0.15, -0.1) is 12.4 Å². The summed E-state index contributed by atoms with van der Waals surface area (Å²) in [5, 5.41) is 2.77. The van der Waals surface area contributed by atoms with Gasteiger partial charge in [0.2, 0.25) is 5.91 Å². The Morgan fingerprint density at radius 3 is 2.62 bits per heavy atom. The summed E-state index contributed by atoms with van der Waals surface area (Å²) >= 11 is 0. The number of urea groups is 1. The Kier molecular flexibility index (Phi) is 5.44. The van der Waals surface area contributed by atoms with Gasteiger partial charge in [0.1, 0.15) is 12.1 Å². The van der Waals surface area contributed by atoms with E-state index in [1.807, 2.05) is 6.92 Å². The molecule has 0 radical (unpaired) electrons. The summed E-state index contributed by atoms with van der Waals surface area (Å²) in [4.78, 5) is 40.0. The van der Waals surface area contributed by atoms with E-state index in [9.17, 15) is 14.4 Å². The van der Waals surface area contributed by atoms with E-state index in [0.29, 0.717) is 13.1 Å². The van der Waals surface area contributed by atoms with Gasteiger partial charge in [0.25, 0.3) is 5.91 Å². The minimum Gasteiger partial charge on any atom is -0.341 e. The van der Waals surface area contributed by atoms with Crippen molar-refractivity contribution in [3.63, 3.8) is 0 Å². The van der Waals surface area contributed by atoms with Crippen molar-refractivity contribution in [2.45, 2.75) is 51.1 Å². The van der Waals surface area contributed by atoms with Crippen LogP contribution in [0.5, 0.6) is 0 Å². The maximum absolute atomic E-state index is 12.6. The number of piperidine rings is 1. The van der Waals surface area contributed by atoms with E-state index >= 15 is 0 Å². The third kappa shape index (κ3) is 3.37. The highest BCUT2D eigenvalue weighted by atomic mass is 35.5. The van der Waals surface area contributed by atoms with E-state index in [1.165, 1.54) is 0 Å². The van der Waals surface area contributed by atoms with Crippen molar-refractivity contribution < 1.29 is 14.4 Å². The highest BCUT2D eigenvalue weighted by Gasteiger charge is 2.56. The van der Waals surface area contributed by atoms with Crippen LogP contribution in [-0.2, 0) is 9.59 Å². The summed E-state index contributed by atoms with van der Waals surface area (Å²) < 4.78 is 0. The molecule has 0 bridgehead atoms. The summed E-state index contributed by atoms with van der Waals surface area (Å²) in [5.41, 5.74) is 5.12. The van der Waals surface area contributed by atoms with Crippen LogP contribution < -0.4 is 11.1 Å². The zero-order chi connectivity index (χ0) is 16.8. The van der Waals surface area contributed by atoms with Crippen LogP contribution in [0.25, 0.3) is 0 Å². The maximum atomic E-state index is 12.6. The van der Waals surface area contributed by atoms with Gasteiger partial charge >= 0.3 is 6.03 Å². The molecular formula is C16H27ClN4O3. The van der Waals surface area contributed by atoms with Gasteiger partial charge in [0.05, 0.1) is 0 Å². The van der Waals surface area contributed by atoms with E-state index in [2.05, 4.69) is 5.32 Å². The van der Waals surface area contributed by atoms with E-state index in [0.717, 1.165) is 30.6 Å². The van der Waals surface area contributed by atoms with Crippen LogP contribution in [0.15, 0.2) is 0 Å². The van der Waals surface area contributed by atoms with Gasteiger partial charge in [-0.3, -0.25) is 14.5 Å². The summed E-state index contributed by atoms with van der Waals surface area (Å²) in [6.07, 6.45) is 3.83. The predicted molar refractivity (Wildman–Crippen MR) is 91.6 cm³/mol. The standard InChI is InChI=1S/C16H26N4O3.ClH/c1-10(17)11-4-3-7-19(8-11)13(21)9-20-14(22)16(2,12-5-6-12)18-15(20)23;/h10-12H,3-9,17H2,1-2H3,(H,18,23);1H. The van der Waals surface area contributed by atoms with Gasteiger partial charge in [-0.25, -0.2) is 4.79 Å². The van der Waals surface area contributed by atoms with Gasteiger partial charge in [-0.2, -0.15) is 0 Å². The lowest BCUT2D eigenvalue weighted by molar-refractivity contribution is -0.140. The van der Waals surface area contributed by atoms with Gasteiger partial charge in [-0.05, 0) is 51.4 Å². The Hall–Kier alpha value is -1.34. The van der Waals surface area contributed by atoms with Crippen LogP contribution in [0.3, 0.4) is 0 Å². The van der Waals surface area contributed by atoms with Crippen LogP contribution in [-0.4, -0.2) is 58.9 Å². The lowest BCUT2D eigenvalue weighted by atomic mass is 9.92. The Bertz CT molecular complexity index is 537. The van der Waals surface area contributed by atoms with Crippen molar-refractivity contribution in [1.29, 1.82) is 0 Å².